The van der Waals surface area contributed by atoms with Crippen LogP contribution in [0, 0.1) is 13.8 Å². The number of amides is 1. The number of rotatable bonds is 4. The van der Waals surface area contributed by atoms with E-state index in [2.05, 4.69) is 9.97 Å². The molecule has 0 aliphatic carbocycles. The summed E-state index contributed by atoms with van der Waals surface area (Å²) in [5.74, 6) is -1.89. The van der Waals surface area contributed by atoms with E-state index >= 15 is 0 Å². The first-order valence-corrected chi connectivity index (χ1v) is 12.7. The van der Waals surface area contributed by atoms with Crippen LogP contribution in [0.25, 0.3) is 10.2 Å². The number of aliphatic hydroxyl groups excluding tert-OH is 1. The first-order valence-electron chi connectivity index (χ1n) is 9.92. The van der Waals surface area contributed by atoms with Gasteiger partial charge < -0.3 is 5.11 Å². The Bertz CT molecular complexity index is 1540. The van der Waals surface area contributed by atoms with Gasteiger partial charge in [-0.1, -0.05) is 52.2 Å². The van der Waals surface area contributed by atoms with Crippen molar-refractivity contribution < 1.29 is 14.7 Å². The lowest BCUT2D eigenvalue weighted by Gasteiger charge is -2.25. The second kappa shape index (κ2) is 8.62. The van der Waals surface area contributed by atoms with Crippen LogP contribution in [-0.4, -0.2) is 26.8 Å². The Kier molecular flexibility index (Phi) is 5.90. The summed E-state index contributed by atoms with van der Waals surface area (Å²) >= 11 is 21.2. The van der Waals surface area contributed by atoms with Gasteiger partial charge in [-0.15, -0.1) is 11.3 Å². The molecule has 2 aromatic heterocycles. The number of thiazole rings is 2. The number of hydrogen-bond donors (Lipinski definition) is 1. The zero-order chi connectivity index (χ0) is 24.3. The van der Waals surface area contributed by atoms with Gasteiger partial charge in [0.05, 0.1) is 37.4 Å². The molecule has 11 heteroatoms. The fourth-order valence-electron chi connectivity index (χ4n) is 3.91. The third-order valence-corrected chi connectivity index (χ3v) is 8.25. The van der Waals surface area contributed by atoms with Crippen LogP contribution >= 0.6 is 57.5 Å². The summed E-state index contributed by atoms with van der Waals surface area (Å²) < 4.78 is 0.754. The second-order valence-corrected chi connectivity index (χ2v) is 11.1. The fraction of sp³-hybridized carbons (Fsp3) is 0.130. The van der Waals surface area contributed by atoms with E-state index in [0.29, 0.717) is 41.8 Å². The van der Waals surface area contributed by atoms with Crippen LogP contribution in [0.3, 0.4) is 0 Å². The average molecular weight is 551 g/mol. The molecule has 1 amide bonds. The van der Waals surface area contributed by atoms with Crippen molar-refractivity contribution in [3.8, 4) is 0 Å². The number of anilines is 1. The highest BCUT2D eigenvalue weighted by molar-refractivity contribution is 7.22. The lowest BCUT2D eigenvalue weighted by atomic mass is 9.95. The molecule has 1 aliphatic rings. The molecular weight excluding hydrogens is 537 g/mol. The first-order chi connectivity index (χ1) is 16.2. The summed E-state index contributed by atoms with van der Waals surface area (Å²) in [4.78, 5) is 37.6. The number of Topliss-reactive ketones (excluding diaryl/α,β-unsaturated/α-hetero) is 1. The molecule has 0 fully saturated rings. The molecule has 0 saturated carbocycles. The second-order valence-electron chi connectivity index (χ2n) is 7.59. The number of ketones is 1. The van der Waals surface area contributed by atoms with E-state index in [1.807, 2.05) is 0 Å². The number of benzene rings is 2. The van der Waals surface area contributed by atoms with Crippen molar-refractivity contribution in [2.24, 2.45) is 0 Å². The normalized spacial score (nSPS) is 16.2. The quantitative estimate of drug-likeness (QED) is 0.274. The van der Waals surface area contributed by atoms with Gasteiger partial charge in [0.1, 0.15) is 0 Å². The van der Waals surface area contributed by atoms with Crippen molar-refractivity contribution in [1.29, 1.82) is 0 Å². The van der Waals surface area contributed by atoms with Gasteiger partial charge in [-0.05, 0) is 49.7 Å². The Hall–Kier alpha value is -2.49. The average Bonchev–Trinajstić information content (AvgIpc) is 3.41. The molecule has 0 radical (unpaired) electrons. The van der Waals surface area contributed by atoms with Crippen LogP contribution in [0.15, 0.2) is 47.7 Å². The largest absolute Gasteiger partial charge is 0.503 e. The van der Waals surface area contributed by atoms with Gasteiger partial charge in [-0.3, -0.25) is 14.5 Å². The number of carbonyl (C=O) groups is 2. The highest BCUT2D eigenvalue weighted by atomic mass is 35.5. The molecule has 4 aromatic rings. The van der Waals surface area contributed by atoms with E-state index < -0.39 is 23.5 Å². The van der Waals surface area contributed by atoms with Crippen LogP contribution in [-0.2, 0) is 4.79 Å². The number of aliphatic hydroxyl groups is 1. The first kappa shape index (κ1) is 23.3. The molecule has 1 N–H and O–H groups in total. The predicted molar refractivity (Wildman–Crippen MR) is 137 cm³/mol. The summed E-state index contributed by atoms with van der Waals surface area (Å²) in [7, 11) is 0. The molecular formula is C23H14Cl3N3O3S2. The Balaban J connectivity index is 1.72. The monoisotopic (exact) mass is 549 g/mol. The van der Waals surface area contributed by atoms with Crippen LogP contribution in [0.1, 0.15) is 32.0 Å². The molecule has 3 heterocycles. The molecule has 1 aliphatic heterocycles. The minimum absolute atomic E-state index is 0.0849. The molecule has 6 nitrogen and oxygen atoms in total. The molecule has 0 saturated heterocycles. The Morgan fingerprint density at radius 2 is 1.74 bits per heavy atom. The number of aromatic nitrogens is 2. The number of nitrogens with zero attached hydrogens (tertiary/aromatic N) is 3. The van der Waals surface area contributed by atoms with Gasteiger partial charge >= 0.3 is 0 Å². The summed E-state index contributed by atoms with van der Waals surface area (Å²) in [6.07, 6.45) is 0. The SMILES string of the molecule is Cc1nc(C)c(C(=O)C2=C(O)C(=O)N(c3nc4ccc(Cl)cc4s3)C2c2ccc(Cl)cc2Cl)s1. The number of carbonyl (C=O) groups excluding carboxylic acids is 2. The van der Waals surface area contributed by atoms with Gasteiger partial charge in [-0.2, -0.15) is 0 Å². The maximum Gasteiger partial charge on any atom is 0.296 e. The predicted octanol–water partition coefficient (Wildman–Crippen LogP) is 7.11. The van der Waals surface area contributed by atoms with Crippen molar-refractivity contribution in [3.05, 3.63) is 83.9 Å². The fourth-order valence-corrected chi connectivity index (χ4v) is 6.56. The lowest BCUT2D eigenvalue weighted by Crippen LogP contribution is -2.31. The van der Waals surface area contributed by atoms with Crippen LogP contribution in [0.2, 0.25) is 15.1 Å². The maximum absolute atomic E-state index is 13.7. The molecule has 5 rings (SSSR count). The van der Waals surface area contributed by atoms with Gasteiger partial charge in [0.15, 0.2) is 10.9 Å². The number of aryl methyl sites for hydroxylation is 2. The van der Waals surface area contributed by atoms with Crippen molar-refractivity contribution in [2.45, 2.75) is 19.9 Å². The van der Waals surface area contributed by atoms with Crippen molar-refractivity contribution >= 4 is 84.5 Å². The molecule has 0 spiro atoms. The van der Waals surface area contributed by atoms with E-state index in [9.17, 15) is 14.7 Å². The van der Waals surface area contributed by atoms with Gasteiger partial charge in [0.2, 0.25) is 5.78 Å². The van der Waals surface area contributed by atoms with Crippen LogP contribution in [0.4, 0.5) is 5.13 Å². The van der Waals surface area contributed by atoms with Crippen molar-refractivity contribution in [3.63, 3.8) is 0 Å². The molecule has 0 bridgehead atoms. The summed E-state index contributed by atoms with van der Waals surface area (Å²) in [6.45, 7) is 3.50. The maximum atomic E-state index is 13.7. The molecule has 1 unspecified atom stereocenters. The standard InChI is InChI=1S/C23H14Cl3N3O3S2/c1-9-21(33-10(2)27-9)19(30)17-18(13-5-3-11(24)7-14(13)26)29(22(32)20(17)31)23-28-15-6-4-12(25)8-16(15)34-23/h3-8,18,31H,1-2H3. The van der Waals surface area contributed by atoms with E-state index in [1.54, 1.807) is 44.2 Å². The van der Waals surface area contributed by atoms with Gasteiger partial charge in [0.25, 0.3) is 5.91 Å². The number of halogens is 3. The minimum atomic E-state index is -1.01. The highest BCUT2D eigenvalue weighted by Gasteiger charge is 2.47. The molecule has 34 heavy (non-hydrogen) atoms. The van der Waals surface area contributed by atoms with Crippen molar-refractivity contribution in [2.75, 3.05) is 4.90 Å². The zero-order valence-corrected chi connectivity index (χ0v) is 21.5. The molecule has 1 atom stereocenters. The van der Waals surface area contributed by atoms with Gasteiger partial charge in [0, 0.05) is 15.1 Å². The lowest BCUT2D eigenvalue weighted by molar-refractivity contribution is -0.117. The third-order valence-electron chi connectivity index (χ3n) is 5.36. The number of fused-ring (bicyclic) bond motifs is 1. The van der Waals surface area contributed by atoms with Gasteiger partial charge in [-0.25, -0.2) is 9.97 Å². The Morgan fingerprint density at radius 1 is 1.03 bits per heavy atom. The topological polar surface area (TPSA) is 83.4 Å². The minimum Gasteiger partial charge on any atom is -0.503 e. The van der Waals surface area contributed by atoms with E-state index in [4.69, 9.17) is 34.8 Å². The van der Waals surface area contributed by atoms with E-state index in [1.165, 1.54) is 33.6 Å². The van der Waals surface area contributed by atoms with Crippen LogP contribution < -0.4 is 4.90 Å². The van der Waals surface area contributed by atoms with Crippen LogP contribution in [0.5, 0.6) is 0 Å². The molecule has 172 valence electrons. The third kappa shape index (κ3) is 3.79. The molecule has 2 aromatic carbocycles. The van der Waals surface area contributed by atoms with E-state index in [-0.39, 0.29) is 10.6 Å². The summed E-state index contributed by atoms with van der Waals surface area (Å²) in [5.41, 5.74) is 1.50. The highest BCUT2D eigenvalue weighted by Crippen LogP contribution is 2.46. The zero-order valence-electron chi connectivity index (χ0n) is 17.6. The van der Waals surface area contributed by atoms with Crippen molar-refractivity contribution in [1.82, 2.24) is 9.97 Å². The summed E-state index contributed by atoms with van der Waals surface area (Å²) in [5, 5.41) is 13.1. The summed E-state index contributed by atoms with van der Waals surface area (Å²) in [6, 6.07) is 8.95. The Labute approximate surface area is 217 Å². The number of hydrogen-bond acceptors (Lipinski definition) is 7. The Morgan fingerprint density at radius 3 is 2.41 bits per heavy atom. The smallest absolute Gasteiger partial charge is 0.296 e. The van der Waals surface area contributed by atoms with E-state index in [0.717, 1.165) is 4.70 Å².